The maximum Gasteiger partial charge on any atom is 0.289 e. The van der Waals surface area contributed by atoms with E-state index in [0.717, 1.165) is 11.6 Å². The van der Waals surface area contributed by atoms with Crippen LogP contribution in [0.5, 0.6) is 0 Å². The second kappa shape index (κ2) is 7.10. The first-order chi connectivity index (χ1) is 13.1. The van der Waals surface area contributed by atoms with Gasteiger partial charge in [0, 0.05) is 38.3 Å². The van der Waals surface area contributed by atoms with Gasteiger partial charge in [-0.15, -0.1) is 0 Å². The van der Waals surface area contributed by atoms with Crippen molar-refractivity contribution in [2.45, 2.75) is 13.8 Å². The van der Waals surface area contributed by atoms with E-state index in [1.807, 2.05) is 19.9 Å². The third-order valence-electron chi connectivity index (χ3n) is 4.33. The Bertz CT molecular complexity index is 928. The highest BCUT2D eigenvalue weighted by molar-refractivity contribution is 5.91. The third kappa shape index (κ3) is 3.76. The van der Waals surface area contributed by atoms with Crippen molar-refractivity contribution in [3.63, 3.8) is 0 Å². The molecule has 0 aromatic carbocycles. The van der Waals surface area contributed by atoms with Gasteiger partial charge in [0.1, 0.15) is 23.2 Å². The van der Waals surface area contributed by atoms with Crippen LogP contribution in [0.4, 0.5) is 17.5 Å². The van der Waals surface area contributed by atoms with Crippen molar-refractivity contribution >= 4 is 23.4 Å². The molecule has 0 radical (unpaired) electrons. The average Bonchev–Trinajstić information content (AvgIpc) is 3.33. The van der Waals surface area contributed by atoms with Gasteiger partial charge in [-0.2, -0.15) is 0 Å². The normalized spacial score (nSPS) is 14.4. The Morgan fingerprint density at radius 1 is 1.11 bits per heavy atom. The van der Waals surface area contributed by atoms with Crippen LogP contribution in [0.2, 0.25) is 0 Å². The van der Waals surface area contributed by atoms with Crippen LogP contribution in [0.3, 0.4) is 0 Å². The molecular formula is C18H20N6O3. The van der Waals surface area contributed by atoms with Crippen molar-refractivity contribution in [2.75, 3.05) is 36.4 Å². The van der Waals surface area contributed by atoms with E-state index in [9.17, 15) is 4.79 Å². The number of anilines is 3. The number of piperazine rings is 1. The number of rotatable bonds is 4. The van der Waals surface area contributed by atoms with E-state index in [4.69, 9.17) is 8.94 Å². The van der Waals surface area contributed by atoms with Crippen molar-refractivity contribution < 1.29 is 13.7 Å². The predicted octanol–water partition coefficient (Wildman–Crippen LogP) is 2.38. The first-order valence-corrected chi connectivity index (χ1v) is 8.72. The van der Waals surface area contributed by atoms with Crippen molar-refractivity contribution in [3.8, 4) is 0 Å². The van der Waals surface area contributed by atoms with Gasteiger partial charge in [0.25, 0.3) is 5.91 Å². The zero-order chi connectivity index (χ0) is 18.8. The van der Waals surface area contributed by atoms with Crippen molar-refractivity contribution in [2.24, 2.45) is 0 Å². The lowest BCUT2D eigenvalue weighted by Gasteiger charge is -2.35. The number of amides is 1. The van der Waals surface area contributed by atoms with E-state index in [1.165, 1.54) is 6.26 Å². The van der Waals surface area contributed by atoms with Gasteiger partial charge in [0.2, 0.25) is 0 Å². The zero-order valence-corrected chi connectivity index (χ0v) is 15.2. The number of carbonyl (C=O) groups is 1. The van der Waals surface area contributed by atoms with Crippen molar-refractivity contribution in [1.82, 2.24) is 20.0 Å². The first kappa shape index (κ1) is 17.1. The van der Waals surface area contributed by atoms with E-state index < -0.39 is 0 Å². The molecule has 9 heteroatoms. The molecule has 1 N–H and O–H groups in total. The minimum atomic E-state index is -0.0812. The first-order valence-electron chi connectivity index (χ1n) is 8.72. The molecule has 140 valence electrons. The summed E-state index contributed by atoms with van der Waals surface area (Å²) in [6, 6.07) is 7.08. The fourth-order valence-electron chi connectivity index (χ4n) is 3.03. The highest BCUT2D eigenvalue weighted by atomic mass is 16.5. The molecule has 4 heterocycles. The third-order valence-corrected chi connectivity index (χ3v) is 4.33. The molecule has 3 aromatic rings. The Kier molecular flexibility index (Phi) is 4.49. The largest absolute Gasteiger partial charge is 0.459 e. The molecule has 0 aliphatic carbocycles. The highest BCUT2D eigenvalue weighted by Crippen LogP contribution is 2.21. The smallest absolute Gasteiger partial charge is 0.289 e. The quantitative estimate of drug-likeness (QED) is 0.749. The maximum atomic E-state index is 12.4. The van der Waals surface area contributed by atoms with E-state index in [0.29, 0.717) is 49.4 Å². The van der Waals surface area contributed by atoms with Gasteiger partial charge >= 0.3 is 0 Å². The molecule has 0 bridgehead atoms. The van der Waals surface area contributed by atoms with Gasteiger partial charge in [-0.1, -0.05) is 5.16 Å². The van der Waals surface area contributed by atoms with E-state index in [-0.39, 0.29) is 5.91 Å². The maximum absolute atomic E-state index is 12.4. The van der Waals surface area contributed by atoms with Gasteiger partial charge in [-0.05, 0) is 26.0 Å². The van der Waals surface area contributed by atoms with Crippen molar-refractivity contribution in [1.29, 1.82) is 0 Å². The van der Waals surface area contributed by atoms with Gasteiger partial charge in [0.05, 0.1) is 6.26 Å². The Hall–Kier alpha value is -3.36. The van der Waals surface area contributed by atoms with Crippen LogP contribution in [-0.2, 0) is 0 Å². The molecular weight excluding hydrogens is 348 g/mol. The second-order valence-electron chi connectivity index (χ2n) is 6.36. The summed E-state index contributed by atoms with van der Waals surface area (Å²) in [7, 11) is 0. The number of nitrogens with one attached hydrogen (secondary N) is 1. The molecule has 9 nitrogen and oxygen atoms in total. The number of carbonyl (C=O) groups excluding carboxylic acids is 1. The van der Waals surface area contributed by atoms with Crippen LogP contribution in [0.15, 0.2) is 39.5 Å². The predicted molar refractivity (Wildman–Crippen MR) is 98.1 cm³/mol. The van der Waals surface area contributed by atoms with Crippen LogP contribution in [0, 0.1) is 13.8 Å². The minimum Gasteiger partial charge on any atom is -0.459 e. The number of hydrogen-bond donors (Lipinski definition) is 1. The highest BCUT2D eigenvalue weighted by Gasteiger charge is 2.24. The summed E-state index contributed by atoms with van der Waals surface area (Å²) in [4.78, 5) is 25.2. The molecule has 1 aliphatic heterocycles. The summed E-state index contributed by atoms with van der Waals surface area (Å²) in [6.45, 7) is 6.26. The van der Waals surface area contributed by atoms with Gasteiger partial charge < -0.3 is 24.1 Å². The molecule has 0 spiro atoms. The monoisotopic (exact) mass is 368 g/mol. The number of hydrogen-bond acceptors (Lipinski definition) is 8. The minimum absolute atomic E-state index is 0.0812. The summed E-state index contributed by atoms with van der Waals surface area (Å²) in [5, 5.41) is 7.05. The van der Waals surface area contributed by atoms with E-state index in [1.54, 1.807) is 23.1 Å². The Morgan fingerprint density at radius 3 is 2.59 bits per heavy atom. The lowest BCUT2D eigenvalue weighted by molar-refractivity contribution is 0.0714. The van der Waals surface area contributed by atoms with Crippen LogP contribution in [0.1, 0.15) is 22.1 Å². The number of furan rings is 1. The summed E-state index contributed by atoms with van der Waals surface area (Å²) in [5.41, 5.74) is 0. The summed E-state index contributed by atoms with van der Waals surface area (Å²) >= 11 is 0. The van der Waals surface area contributed by atoms with Crippen LogP contribution in [0.25, 0.3) is 0 Å². The van der Waals surface area contributed by atoms with Gasteiger partial charge in [-0.3, -0.25) is 4.79 Å². The van der Waals surface area contributed by atoms with Crippen LogP contribution < -0.4 is 10.2 Å². The molecule has 27 heavy (non-hydrogen) atoms. The lowest BCUT2D eigenvalue weighted by Crippen LogP contribution is -2.49. The fraction of sp³-hybridized carbons (Fsp3) is 0.333. The average molecular weight is 368 g/mol. The molecule has 1 saturated heterocycles. The Morgan fingerprint density at radius 2 is 1.93 bits per heavy atom. The van der Waals surface area contributed by atoms with E-state index in [2.05, 4.69) is 25.3 Å². The Labute approximate surface area is 156 Å². The van der Waals surface area contributed by atoms with Crippen LogP contribution >= 0.6 is 0 Å². The van der Waals surface area contributed by atoms with Gasteiger partial charge in [-0.25, -0.2) is 9.97 Å². The molecule has 3 aromatic heterocycles. The van der Waals surface area contributed by atoms with Crippen molar-refractivity contribution in [3.05, 3.63) is 47.9 Å². The molecule has 0 unspecified atom stereocenters. The number of nitrogens with zero attached hydrogens (tertiary/aromatic N) is 5. The van der Waals surface area contributed by atoms with E-state index >= 15 is 0 Å². The molecule has 1 amide bonds. The lowest BCUT2D eigenvalue weighted by atomic mass is 10.2. The Balaban J connectivity index is 1.44. The summed E-state index contributed by atoms with van der Waals surface area (Å²) in [6.07, 6.45) is 1.51. The number of aromatic nitrogens is 3. The summed E-state index contributed by atoms with van der Waals surface area (Å²) < 4.78 is 10.3. The molecule has 0 saturated carbocycles. The number of aryl methyl sites for hydroxylation is 2. The van der Waals surface area contributed by atoms with Gasteiger partial charge in [0.15, 0.2) is 11.6 Å². The fourth-order valence-corrected chi connectivity index (χ4v) is 3.03. The topological polar surface area (TPSA) is 101 Å². The SMILES string of the molecule is Cc1nc(Nc2cc(C)on2)cc(N2CCN(C(=O)c3ccco3)CC2)n1. The molecule has 1 aliphatic rings. The molecule has 4 rings (SSSR count). The summed E-state index contributed by atoms with van der Waals surface area (Å²) in [5.74, 6) is 3.74. The zero-order valence-electron chi connectivity index (χ0n) is 15.2. The standard InChI is InChI=1S/C18H20N6O3/c1-12-10-16(22-27-12)21-15-11-17(20-13(2)19-15)23-5-7-24(8-6-23)18(25)14-4-3-9-26-14/h3-4,9-11H,5-8H2,1-2H3,(H,19,20,21,22). The van der Waals surface area contributed by atoms with Crippen LogP contribution in [-0.4, -0.2) is 52.1 Å². The second-order valence-corrected chi connectivity index (χ2v) is 6.36. The molecule has 0 atom stereocenters. The molecule has 1 fully saturated rings.